The van der Waals surface area contributed by atoms with E-state index in [9.17, 15) is 5.26 Å². The number of fused-ring (bicyclic) bond motifs is 1. The van der Waals surface area contributed by atoms with Gasteiger partial charge >= 0.3 is 0 Å². The van der Waals surface area contributed by atoms with E-state index in [1.165, 1.54) is 16.3 Å². The molecule has 5 nitrogen and oxygen atoms in total. The molecule has 0 saturated heterocycles. The Hall–Kier alpha value is -3.04. The number of hydrazine groups is 1. The molecule has 0 saturated carbocycles. The van der Waals surface area contributed by atoms with Gasteiger partial charge < -0.3 is 10.6 Å². The number of nitriles is 1. The van der Waals surface area contributed by atoms with Crippen molar-refractivity contribution < 1.29 is 0 Å². The lowest BCUT2D eigenvalue weighted by Gasteiger charge is -2.27. The summed E-state index contributed by atoms with van der Waals surface area (Å²) in [5, 5.41) is 13.5. The quantitative estimate of drug-likeness (QED) is 0.837. The van der Waals surface area contributed by atoms with Crippen LogP contribution in [0.4, 0.5) is 0 Å². The van der Waals surface area contributed by atoms with Gasteiger partial charge in [-0.3, -0.25) is 10.4 Å². The number of nitrogens with zero attached hydrogens (tertiary/aromatic N) is 3. The van der Waals surface area contributed by atoms with Crippen molar-refractivity contribution in [3.05, 3.63) is 72.3 Å². The Morgan fingerprint density at radius 1 is 1.17 bits per heavy atom. The van der Waals surface area contributed by atoms with Crippen LogP contribution in [-0.4, -0.2) is 21.6 Å². The van der Waals surface area contributed by atoms with Crippen LogP contribution in [0.2, 0.25) is 0 Å². The maximum Gasteiger partial charge on any atom is 0.183 e. The Morgan fingerprint density at radius 3 is 2.71 bits per heavy atom. The topological polar surface area (TPSA) is 68.3 Å². The first kappa shape index (κ1) is 15.8. The maximum absolute atomic E-state index is 9.34. The van der Waals surface area contributed by atoms with E-state index in [1.807, 2.05) is 23.2 Å². The van der Waals surface area contributed by atoms with Crippen molar-refractivity contribution in [3.8, 4) is 6.07 Å². The molecule has 2 aromatic carbocycles. The van der Waals surface area contributed by atoms with Crippen molar-refractivity contribution in [1.82, 2.24) is 15.3 Å². The Morgan fingerprint density at radius 2 is 1.96 bits per heavy atom. The zero-order chi connectivity index (χ0) is 16.9. The van der Waals surface area contributed by atoms with Crippen molar-refractivity contribution in [2.75, 3.05) is 6.54 Å². The molecule has 24 heavy (non-hydrogen) atoms. The molecule has 0 spiro atoms. The first-order valence-corrected chi connectivity index (χ1v) is 7.95. The van der Waals surface area contributed by atoms with Crippen LogP contribution in [0.5, 0.6) is 0 Å². The summed E-state index contributed by atoms with van der Waals surface area (Å²) in [6.45, 7) is 0.717. The second kappa shape index (κ2) is 7.02. The monoisotopic (exact) mass is 335 g/mol. The van der Waals surface area contributed by atoms with Gasteiger partial charge in [-0.2, -0.15) is 5.26 Å². The van der Waals surface area contributed by atoms with Gasteiger partial charge in [-0.05, 0) is 35.0 Å². The van der Waals surface area contributed by atoms with E-state index in [-0.39, 0.29) is 5.11 Å². The lowest BCUT2D eigenvalue weighted by molar-refractivity contribution is 0.382. The van der Waals surface area contributed by atoms with Gasteiger partial charge in [-0.15, -0.1) is 0 Å². The van der Waals surface area contributed by atoms with Crippen molar-refractivity contribution in [1.29, 1.82) is 5.26 Å². The Balaban J connectivity index is 1.68. The predicted octanol–water partition coefficient (Wildman–Crippen LogP) is 2.58. The number of allylic oxidation sites excluding steroid dienone is 1. The number of benzene rings is 2. The largest absolute Gasteiger partial charge is 0.375 e. The molecule has 0 aliphatic carbocycles. The molecule has 2 aromatic rings. The Kier molecular flexibility index (Phi) is 4.64. The van der Waals surface area contributed by atoms with E-state index < -0.39 is 0 Å². The van der Waals surface area contributed by atoms with Gasteiger partial charge in [-0.25, -0.2) is 0 Å². The molecule has 0 atom stereocenters. The molecular weight excluding hydrogens is 318 g/mol. The molecule has 3 N–H and O–H groups in total. The van der Waals surface area contributed by atoms with Crippen LogP contribution in [0.3, 0.4) is 0 Å². The van der Waals surface area contributed by atoms with Gasteiger partial charge in [0.15, 0.2) is 5.11 Å². The maximum atomic E-state index is 9.34. The second-order valence-corrected chi connectivity index (χ2v) is 5.87. The van der Waals surface area contributed by atoms with E-state index >= 15 is 0 Å². The molecule has 0 bridgehead atoms. The number of thiocarbonyl (C=S) groups is 1. The van der Waals surface area contributed by atoms with E-state index in [4.69, 9.17) is 18.0 Å². The molecule has 3 rings (SSSR count). The van der Waals surface area contributed by atoms with Gasteiger partial charge in [0, 0.05) is 18.9 Å². The molecule has 0 unspecified atom stereocenters. The van der Waals surface area contributed by atoms with E-state index in [1.54, 1.807) is 17.4 Å². The van der Waals surface area contributed by atoms with Gasteiger partial charge in [0.2, 0.25) is 0 Å². The Bertz CT molecular complexity index is 865. The highest BCUT2D eigenvalue weighted by Gasteiger charge is 2.13. The zero-order valence-electron chi connectivity index (χ0n) is 13.0. The van der Waals surface area contributed by atoms with Crippen LogP contribution in [0, 0.1) is 11.3 Å². The molecule has 0 aromatic heterocycles. The number of nitrogens with one attached hydrogen (secondary N) is 1. The fraction of sp³-hybridized carbons (Fsp3) is 0.111. The summed E-state index contributed by atoms with van der Waals surface area (Å²) < 4.78 is 0. The van der Waals surface area contributed by atoms with E-state index in [2.05, 4.69) is 41.8 Å². The average Bonchev–Trinajstić information content (AvgIpc) is 2.59. The molecular formula is C18H17N5S. The van der Waals surface area contributed by atoms with Crippen LogP contribution < -0.4 is 11.2 Å². The van der Waals surface area contributed by atoms with Gasteiger partial charge in [0.05, 0.1) is 6.20 Å². The molecule has 6 heteroatoms. The molecule has 1 aliphatic heterocycles. The highest BCUT2D eigenvalue weighted by atomic mass is 32.1. The molecule has 0 fully saturated rings. The number of rotatable bonds is 4. The van der Waals surface area contributed by atoms with Crippen molar-refractivity contribution in [3.63, 3.8) is 0 Å². The highest BCUT2D eigenvalue weighted by molar-refractivity contribution is 7.80. The smallest absolute Gasteiger partial charge is 0.183 e. The first-order valence-electron chi connectivity index (χ1n) is 7.55. The standard InChI is InChI=1S/C18H17N5S/c19-12-17-13-23(21-18(20)24)10-9-22(17)8-7-14-5-6-15-3-1-2-4-16(15)11-14/h1-6,9-11,13H,7-8H2,(H3,20,21,24). The summed E-state index contributed by atoms with van der Waals surface area (Å²) in [7, 11) is 0. The van der Waals surface area contributed by atoms with Crippen LogP contribution in [0.25, 0.3) is 10.8 Å². The van der Waals surface area contributed by atoms with Crippen LogP contribution in [0.15, 0.2) is 66.8 Å². The van der Waals surface area contributed by atoms with Gasteiger partial charge in [0.25, 0.3) is 0 Å². The van der Waals surface area contributed by atoms with Crippen molar-refractivity contribution >= 4 is 28.1 Å². The van der Waals surface area contributed by atoms with Gasteiger partial charge in [0.1, 0.15) is 11.8 Å². The van der Waals surface area contributed by atoms with Crippen LogP contribution in [0.1, 0.15) is 5.56 Å². The molecule has 1 aliphatic rings. The minimum Gasteiger partial charge on any atom is -0.375 e. The number of hydrogen-bond donors (Lipinski definition) is 2. The number of nitrogens with two attached hydrogens (primary N) is 1. The summed E-state index contributed by atoms with van der Waals surface area (Å²) in [4.78, 5) is 1.91. The average molecular weight is 335 g/mol. The van der Waals surface area contributed by atoms with E-state index in [0.29, 0.717) is 5.70 Å². The lowest BCUT2D eigenvalue weighted by atomic mass is 10.0. The van der Waals surface area contributed by atoms with Crippen molar-refractivity contribution in [2.24, 2.45) is 5.73 Å². The summed E-state index contributed by atoms with van der Waals surface area (Å²) in [6, 6.07) is 16.9. The fourth-order valence-electron chi connectivity index (χ4n) is 2.61. The van der Waals surface area contributed by atoms with Crippen LogP contribution >= 0.6 is 12.2 Å². The molecule has 0 amide bonds. The summed E-state index contributed by atoms with van der Waals surface area (Å²) in [5.41, 5.74) is 9.97. The van der Waals surface area contributed by atoms with Crippen molar-refractivity contribution in [2.45, 2.75) is 6.42 Å². The highest BCUT2D eigenvalue weighted by Crippen LogP contribution is 2.18. The molecule has 1 heterocycles. The van der Waals surface area contributed by atoms with E-state index in [0.717, 1.165) is 13.0 Å². The van der Waals surface area contributed by atoms with Crippen LogP contribution in [-0.2, 0) is 6.42 Å². The normalized spacial score (nSPS) is 13.5. The first-order chi connectivity index (χ1) is 11.7. The van der Waals surface area contributed by atoms with Gasteiger partial charge in [-0.1, -0.05) is 42.5 Å². The third-order valence-electron chi connectivity index (χ3n) is 3.79. The second-order valence-electron chi connectivity index (χ2n) is 5.43. The fourth-order valence-corrected chi connectivity index (χ4v) is 2.72. The minimum atomic E-state index is 0.151. The third-order valence-corrected chi connectivity index (χ3v) is 3.88. The predicted molar refractivity (Wildman–Crippen MR) is 99.0 cm³/mol. The lowest BCUT2D eigenvalue weighted by Crippen LogP contribution is -2.41. The third kappa shape index (κ3) is 3.65. The molecule has 120 valence electrons. The molecule has 0 radical (unpaired) electrons. The summed E-state index contributed by atoms with van der Waals surface area (Å²) in [6.07, 6.45) is 6.13. The zero-order valence-corrected chi connectivity index (χ0v) is 13.8. The minimum absolute atomic E-state index is 0.151. The summed E-state index contributed by atoms with van der Waals surface area (Å²) in [5.74, 6) is 0. The SMILES string of the molecule is N#CC1=CN(NC(N)=S)C=CN1CCc1ccc2ccccc2c1. The Labute approximate surface area is 146 Å². The number of hydrogen-bond acceptors (Lipinski definition) is 4. The summed E-state index contributed by atoms with van der Waals surface area (Å²) >= 11 is 4.80.